The zero-order chi connectivity index (χ0) is 69.2. The summed E-state index contributed by atoms with van der Waals surface area (Å²) in [6.07, 6.45) is 8.03. The van der Waals surface area contributed by atoms with Gasteiger partial charge in [-0.2, -0.15) is 0 Å². The summed E-state index contributed by atoms with van der Waals surface area (Å²) in [5, 5.41) is 1.59. The van der Waals surface area contributed by atoms with E-state index in [1.807, 2.05) is 152 Å². The fraction of sp³-hybridized carbons (Fsp3) is 0.281. The molecule has 0 unspecified atom stereocenters. The van der Waals surface area contributed by atoms with Crippen LogP contribution < -0.4 is 10.3 Å². The molecule has 0 saturated carbocycles. The predicted octanol–water partition coefficient (Wildman–Crippen LogP) is 25.4. The Morgan fingerprint density at radius 3 is 1.29 bits per heavy atom. The number of hydrogen-bond donors (Lipinski definition) is 1. The molecule has 500 valence electrons. The maximum absolute atomic E-state index is 13.9. The molecule has 96 heavy (non-hydrogen) atoms. The lowest BCUT2D eigenvalue weighted by Gasteiger charge is -2.09. The van der Waals surface area contributed by atoms with E-state index in [1.54, 1.807) is 6.07 Å². The maximum Gasteiger partial charge on any atom is 0.251 e. The molecule has 0 bridgehead atoms. The van der Waals surface area contributed by atoms with Crippen LogP contribution in [0.25, 0.3) is 55.9 Å². The average molecular weight is 1320 g/mol. The molecule has 0 aliphatic carbocycles. The standard InChI is InChI=1S/C16H17Cl.C16H17F.C16H18.C15H17NO.C15H17N.C11H15ClO/c1-12(2)10-13-8-9-15(16(17)11-13)14-6-4-3-5-7-14;1-12(2)10-15-9-8-14(11-16(15)17)13-6-4-3-5-7-13;1-13(2)12-14-8-10-16(11-9-14)15-6-4-3-5-7-15;1-11(2)10-13-8-9-14(16-15(13)17)12-6-4-3-5-7-12;1-12(2)10-13-8-9-15(16-11-13)14-6-4-3-5-7-14;1-9(2)7-8-13-11-5-3-10(12)4-6-11/h2*3-9,11-12H,10H2,1-2H3;3-11,13H,12H2,1-2H3;3-9,11H,10H2,1-2H3,(H,16,17);3-9,11-12H,10H2,1-2H3;3-6,9H,7-8H2,1-2H3. The third kappa shape index (κ3) is 28.4. The number of nitrogens with one attached hydrogen (secondary N) is 1. The molecule has 0 radical (unpaired) electrons. The Bertz CT molecular complexity index is 3880. The molecule has 11 rings (SSSR count). The van der Waals surface area contributed by atoms with E-state index < -0.39 is 0 Å². The molecule has 2 aromatic heterocycles. The number of aromatic nitrogens is 2. The molecule has 2 heterocycles. The second kappa shape index (κ2) is 41.4. The van der Waals surface area contributed by atoms with Gasteiger partial charge in [-0.1, -0.05) is 319 Å². The molecule has 0 spiro atoms. The number of ether oxygens (including phenoxy) is 1. The number of halogens is 3. The van der Waals surface area contributed by atoms with E-state index in [0.29, 0.717) is 29.6 Å². The van der Waals surface area contributed by atoms with E-state index >= 15 is 0 Å². The molecule has 0 aliphatic rings. The lowest BCUT2D eigenvalue weighted by atomic mass is 9.98. The quantitative estimate of drug-likeness (QED) is 0.0878. The number of benzene rings is 9. The minimum atomic E-state index is -0.0972. The van der Waals surface area contributed by atoms with Gasteiger partial charge < -0.3 is 9.72 Å². The zero-order valence-corrected chi connectivity index (χ0v) is 60.2. The normalized spacial score (nSPS) is 10.7. The Morgan fingerprint density at radius 2 is 0.812 bits per heavy atom. The fourth-order valence-corrected chi connectivity index (χ4v) is 11.0. The lowest BCUT2D eigenvalue weighted by Crippen LogP contribution is -2.14. The van der Waals surface area contributed by atoms with Gasteiger partial charge in [0.25, 0.3) is 5.56 Å². The highest BCUT2D eigenvalue weighted by Crippen LogP contribution is 2.30. The molecule has 4 nitrogen and oxygen atoms in total. The van der Waals surface area contributed by atoms with E-state index in [2.05, 4.69) is 202 Å². The topological polar surface area (TPSA) is 55.0 Å². The van der Waals surface area contributed by atoms with Crippen LogP contribution >= 0.6 is 23.2 Å². The Kier molecular flexibility index (Phi) is 32.9. The first-order valence-corrected chi connectivity index (χ1v) is 34.9. The molecular weight excluding hydrogens is 1220 g/mol. The van der Waals surface area contributed by atoms with Gasteiger partial charge in [0.15, 0.2) is 0 Å². The second-order valence-corrected chi connectivity index (χ2v) is 27.7. The van der Waals surface area contributed by atoms with E-state index in [9.17, 15) is 9.18 Å². The number of pyridine rings is 2. The minimum Gasteiger partial charge on any atom is -0.494 e. The molecule has 0 saturated heterocycles. The van der Waals surface area contributed by atoms with Crippen LogP contribution in [-0.2, 0) is 32.1 Å². The Labute approximate surface area is 585 Å². The number of nitrogens with zero attached hydrogens (tertiary/aromatic N) is 1. The van der Waals surface area contributed by atoms with Crippen molar-refractivity contribution in [1.29, 1.82) is 0 Å². The van der Waals surface area contributed by atoms with Crippen molar-refractivity contribution in [3.63, 3.8) is 0 Å². The summed E-state index contributed by atoms with van der Waals surface area (Å²) in [5.41, 5.74) is 16.8. The van der Waals surface area contributed by atoms with E-state index in [1.165, 1.54) is 38.9 Å². The van der Waals surface area contributed by atoms with Crippen LogP contribution in [-0.4, -0.2) is 16.6 Å². The summed E-state index contributed by atoms with van der Waals surface area (Å²) < 4.78 is 19.4. The molecule has 0 amide bonds. The predicted molar refractivity (Wildman–Crippen MR) is 412 cm³/mol. The smallest absolute Gasteiger partial charge is 0.251 e. The highest BCUT2D eigenvalue weighted by Gasteiger charge is 2.10. The summed E-state index contributed by atoms with van der Waals surface area (Å²) in [5.74, 6) is 4.53. The number of hydrogen-bond acceptors (Lipinski definition) is 3. The van der Waals surface area contributed by atoms with Gasteiger partial charge in [-0.3, -0.25) is 9.78 Å². The van der Waals surface area contributed by atoms with Crippen LogP contribution in [0.15, 0.2) is 272 Å². The molecule has 7 heteroatoms. The highest BCUT2D eigenvalue weighted by molar-refractivity contribution is 6.33. The maximum atomic E-state index is 13.9. The largest absolute Gasteiger partial charge is 0.494 e. The first kappa shape index (κ1) is 76.4. The van der Waals surface area contributed by atoms with Crippen molar-refractivity contribution in [2.45, 2.75) is 122 Å². The van der Waals surface area contributed by atoms with Crippen LogP contribution in [0.1, 0.15) is 117 Å². The monoisotopic (exact) mass is 1320 g/mol. The third-order valence-electron chi connectivity index (χ3n) is 15.3. The SMILES string of the molecule is CC(C)CCOc1ccc(Cl)cc1.CC(C)Cc1ccc(-c2ccccc2)[nH]c1=O.CC(C)Cc1ccc(-c2ccccc2)c(Cl)c1.CC(C)Cc1ccc(-c2ccccc2)cc1.CC(C)Cc1ccc(-c2ccccc2)cc1F.CC(C)Cc1ccc(-c2ccccc2)nc1. The molecule has 0 aliphatic heterocycles. The summed E-state index contributed by atoms with van der Waals surface area (Å²) in [7, 11) is 0. The Balaban J connectivity index is 0.000000183. The number of H-pyrrole nitrogens is 1. The Morgan fingerprint density at radius 1 is 0.385 bits per heavy atom. The number of rotatable bonds is 19. The van der Waals surface area contributed by atoms with Crippen molar-refractivity contribution < 1.29 is 9.13 Å². The van der Waals surface area contributed by atoms with Crippen molar-refractivity contribution in [2.24, 2.45) is 35.5 Å². The van der Waals surface area contributed by atoms with Gasteiger partial charge in [0.2, 0.25) is 0 Å². The van der Waals surface area contributed by atoms with Crippen molar-refractivity contribution in [1.82, 2.24) is 9.97 Å². The molecular formula is C89H101Cl2FN2O2. The average Bonchev–Trinajstić information content (AvgIpc) is 0.916. The van der Waals surface area contributed by atoms with E-state index in [0.717, 1.165) is 112 Å². The minimum absolute atomic E-state index is 0.0278. The summed E-state index contributed by atoms with van der Waals surface area (Å²) in [6, 6.07) is 87.3. The van der Waals surface area contributed by atoms with Gasteiger partial charge in [-0.25, -0.2) is 4.39 Å². The summed E-state index contributed by atoms with van der Waals surface area (Å²) >= 11 is 12.1. The van der Waals surface area contributed by atoms with Crippen molar-refractivity contribution in [3.8, 4) is 61.6 Å². The highest BCUT2D eigenvalue weighted by atomic mass is 35.5. The van der Waals surface area contributed by atoms with Gasteiger partial charge in [0, 0.05) is 38.6 Å². The molecule has 9 aromatic carbocycles. The summed E-state index contributed by atoms with van der Waals surface area (Å²) in [4.78, 5) is 19.3. The van der Waals surface area contributed by atoms with Gasteiger partial charge in [0.1, 0.15) is 11.6 Å². The van der Waals surface area contributed by atoms with Crippen molar-refractivity contribution >= 4 is 23.2 Å². The van der Waals surface area contributed by atoms with Crippen molar-refractivity contribution in [3.05, 3.63) is 321 Å². The lowest BCUT2D eigenvalue weighted by molar-refractivity contribution is 0.289. The van der Waals surface area contributed by atoms with Crippen LogP contribution in [0.4, 0.5) is 4.39 Å². The number of aromatic amines is 1. The molecule has 11 aromatic rings. The fourth-order valence-electron chi connectivity index (χ4n) is 10.5. The van der Waals surface area contributed by atoms with E-state index in [-0.39, 0.29) is 11.4 Å². The summed E-state index contributed by atoms with van der Waals surface area (Å²) in [6.45, 7) is 27.0. The first-order chi connectivity index (χ1) is 46.2. The molecule has 0 fully saturated rings. The van der Waals surface area contributed by atoms with Crippen molar-refractivity contribution in [2.75, 3.05) is 6.61 Å². The first-order valence-electron chi connectivity index (χ1n) is 34.2. The zero-order valence-electron chi connectivity index (χ0n) is 58.7. The third-order valence-corrected chi connectivity index (χ3v) is 15.8. The Hall–Kier alpha value is -8.61. The van der Waals surface area contributed by atoms with Crippen LogP contribution in [0.3, 0.4) is 0 Å². The van der Waals surface area contributed by atoms with E-state index in [4.69, 9.17) is 27.9 Å². The van der Waals surface area contributed by atoms with Gasteiger partial charge in [0.05, 0.1) is 12.3 Å². The van der Waals surface area contributed by atoms with Gasteiger partial charge in [-0.15, -0.1) is 0 Å². The van der Waals surface area contributed by atoms with Crippen LogP contribution in [0.2, 0.25) is 10.0 Å². The van der Waals surface area contributed by atoms with Crippen LogP contribution in [0.5, 0.6) is 5.75 Å². The van der Waals surface area contributed by atoms with Gasteiger partial charge in [-0.05, 0) is 178 Å². The second-order valence-electron chi connectivity index (χ2n) is 26.9. The molecule has 1 N–H and O–H groups in total. The van der Waals surface area contributed by atoms with Crippen LogP contribution in [0, 0.1) is 41.3 Å². The molecule has 0 atom stereocenters. The van der Waals surface area contributed by atoms with Gasteiger partial charge >= 0.3 is 0 Å².